The highest BCUT2D eigenvalue weighted by molar-refractivity contribution is 5.79. The number of aliphatic carboxylic acids is 1. The van der Waals surface area contributed by atoms with E-state index >= 15 is 0 Å². The zero-order valence-electron chi connectivity index (χ0n) is 17.8. The highest BCUT2D eigenvalue weighted by Gasteiger charge is 2.65. The average Bonchev–Trinajstić information content (AvgIpc) is 3.04. The molecule has 0 aliphatic carbocycles. The van der Waals surface area contributed by atoms with Gasteiger partial charge in [0.15, 0.2) is 6.29 Å². The largest absolute Gasteiger partial charge is 0.480 e. The second-order valence-corrected chi connectivity index (χ2v) is 8.33. The van der Waals surface area contributed by atoms with Crippen molar-refractivity contribution in [2.75, 3.05) is 19.8 Å². The fraction of sp³-hybridized carbons (Fsp3) is 0.944. The van der Waals surface area contributed by atoms with Gasteiger partial charge in [-0.05, 0) is 25.8 Å². The van der Waals surface area contributed by atoms with Gasteiger partial charge in [-0.1, -0.05) is 0 Å². The van der Waals surface area contributed by atoms with E-state index in [0.29, 0.717) is 6.42 Å². The van der Waals surface area contributed by atoms with E-state index in [1.807, 2.05) is 0 Å². The molecule has 0 amide bonds. The molecular formula is C18H34N2O13. The molecule has 2 rings (SSSR count). The van der Waals surface area contributed by atoms with Crippen LogP contribution in [0, 0.1) is 0 Å². The van der Waals surface area contributed by atoms with Crippen LogP contribution in [0.3, 0.4) is 0 Å². The lowest BCUT2D eigenvalue weighted by Gasteiger charge is -2.42. The SMILES string of the molecule is NCCCCC(N)(C(=O)O)C(O)[C@@]1(O)O[C@H](CO)[C@@H](OC2O[C@H](CO)[C@H](O)[C@H](O)[C@H]2O)[C@@H]1O. The van der Waals surface area contributed by atoms with Crippen molar-refractivity contribution >= 4 is 5.97 Å². The summed E-state index contributed by atoms with van der Waals surface area (Å²) < 4.78 is 15.7. The number of carboxylic acids is 1. The van der Waals surface area contributed by atoms with Gasteiger partial charge in [0.25, 0.3) is 0 Å². The fourth-order valence-corrected chi connectivity index (χ4v) is 3.97. The third kappa shape index (κ3) is 5.30. The summed E-state index contributed by atoms with van der Waals surface area (Å²) in [7, 11) is 0. The summed E-state index contributed by atoms with van der Waals surface area (Å²) in [4.78, 5) is 11.8. The van der Waals surface area contributed by atoms with Crippen LogP contribution >= 0.6 is 0 Å². The van der Waals surface area contributed by atoms with E-state index in [1.165, 1.54) is 0 Å². The highest BCUT2D eigenvalue weighted by Crippen LogP contribution is 2.39. The van der Waals surface area contributed by atoms with Gasteiger partial charge in [-0.2, -0.15) is 0 Å². The first-order valence-corrected chi connectivity index (χ1v) is 10.4. The lowest BCUT2D eigenvalue weighted by molar-refractivity contribution is -0.320. The third-order valence-corrected chi connectivity index (χ3v) is 6.08. The average molecular weight is 486 g/mol. The molecule has 11 atom stereocenters. The molecule has 2 saturated heterocycles. The summed E-state index contributed by atoms with van der Waals surface area (Å²) in [6.07, 6.45) is -16.2. The quantitative estimate of drug-likeness (QED) is 0.121. The molecule has 0 spiro atoms. The van der Waals surface area contributed by atoms with Crippen LogP contribution in [0.5, 0.6) is 0 Å². The van der Waals surface area contributed by atoms with Crippen molar-refractivity contribution in [1.29, 1.82) is 0 Å². The van der Waals surface area contributed by atoms with Crippen molar-refractivity contribution in [2.24, 2.45) is 11.5 Å². The number of hydrogen-bond acceptors (Lipinski definition) is 14. The van der Waals surface area contributed by atoms with Gasteiger partial charge < -0.3 is 71.6 Å². The molecule has 2 fully saturated rings. The summed E-state index contributed by atoms with van der Waals surface area (Å²) in [6.45, 7) is -1.44. The van der Waals surface area contributed by atoms with Crippen molar-refractivity contribution in [3.63, 3.8) is 0 Å². The van der Waals surface area contributed by atoms with Crippen LogP contribution in [0.15, 0.2) is 0 Å². The maximum absolute atomic E-state index is 11.8. The maximum atomic E-state index is 11.8. The Labute approximate surface area is 188 Å². The smallest absolute Gasteiger partial charge is 0.326 e. The van der Waals surface area contributed by atoms with Crippen LogP contribution in [0.4, 0.5) is 0 Å². The van der Waals surface area contributed by atoms with Gasteiger partial charge in [0.1, 0.15) is 54.4 Å². The van der Waals surface area contributed by atoms with Gasteiger partial charge in [-0.15, -0.1) is 0 Å². The topological polar surface area (TPSA) is 279 Å². The van der Waals surface area contributed by atoms with E-state index < -0.39 is 85.6 Å². The molecule has 0 saturated carbocycles. The molecule has 2 heterocycles. The molecule has 15 heteroatoms. The Hall–Kier alpha value is -1.05. The van der Waals surface area contributed by atoms with Crippen molar-refractivity contribution in [3.05, 3.63) is 0 Å². The molecular weight excluding hydrogens is 452 g/mol. The second-order valence-electron chi connectivity index (χ2n) is 8.33. The third-order valence-electron chi connectivity index (χ3n) is 6.08. The lowest BCUT2D eigenvalue weighted by Crippen LogP contribution is -2.69. The Morgan fingerprint density at radius 1 is 1.06 bits per heavy atom. The molecule has 2 aliphatic rings. The molecule has 33 heavy (non-hydrogen) atoms. The van der Waals surface area contributed by atoms with Crippen molar-refractivity contribution < 1.29 is 65.0 Å². The minimum absolute atomic E-state index is 0.163. The number of ether oxygens (including phenoxy) is 3. The molecule has 0 radical (unpaired) electrons. The van der Waals surface area contributed by atoms with Crippen LogP contribution in [-0.4, -0.2) is 138 Å². The minimum atomic E-state index is -3.03. The number of carboxylic acid groups (broad SMARTS) is 1. The first kappa shape index (κ1) is 28.2. The van der Waals surface area contributed by atoms with Crippen LogP contribution in [0.1, 0.15) is 19.3 Å². The molecule has 0 aromatic rings. The van der Waals surface area contributed by atoms with Gasteiger partial charge in [-0.3, -0.25) is 4.79 Å². The first-order valence-electron chi connectivity index (χ1n) is 10.4. The predicted octanol–water partition coefficient (Wildman–Crippen LogP) is -6.12. The fourth-order valence-electron chi connectivity index (χ4n) is 3.97. The molecule has 0 aromatic carbocycles. The summed E-state index contributed by atoms with van der Waals surface area (Å²) in [5.74, 6) is -4.72. The van der Waals surface area contributed by atoms with E-state index in [9.17, 15) is 50.8 Å². The van der Waals surface area contributed by atoms with E-state index in [-0.39, 0.29) is 19.4 Å². The normalized spacial score (nSPS) is 42.1. The molecule has 13 N–H and O–H groups in total. The number of aliphatic hydroxyl groups excluding tert-OH is 7. The van der Waals surface area contributed by atoms with Crippen molar-refractivity contribution in [2.45, 2.75) is 85.7 Å². The van der Waals surface area contributed by atoms with Gasteiger partial charge in [0.05, 0.1) is 13.2 Å². The Morgan fingerprint density at radius 3 is 2.18 bits per heavy atom. The zero-order valence-corrected chi connectivity index (χ0v) is 17.8. The number of hydrogen-bond donors (Lipinski definition) is 11. The Kier molecular flexibility index (Phi) is 9.50. The monoisotopic (exact) mass is 486 g/mol. The van der Waals surface area contributed by atoms with E-state index in [2.05, 4.69) is 0 Å². The van der Waals surface area contributed by atoms with Crippen LogP contribution in [0.25, 0.3) is 0 Å². The molecule has 194 valence electrons. The van der Waals surface area contributed by atoms with Gasteiger partial charge in [0.2, 0.25) is 5.79 Å². The maximum Gasteiger partial charge on any atom is 0.326 e. The summed E-state index contributed by atoms with van der Waals surface area (Å²) in [5, 5.41) is 90.8. The Morgan fingerprint density at radius 2 is 1.67 bits per heavy atom. The number of unbranched alkanes of at least 4 members (excludes halogenated alkanes) is 1. The summed E-state index contributed by atoms with van der Waals surface area (Å²) in [5.41, 5.74) is 8.76. The molecule has 2 aliphatic heterocycles. The summed E-state index contributed by atoms with van der Waals surface area (Å²) >= 11 is 0. The predicted molar refractivity (Wildman–Crippen MR) is 105 cm³/mol. The number of rotatable bonds is 11. The van der Waals surface area contributed by atoms with E-state index in [4.69, 9.17) is 25.7 Å². The van der Waals surface area contributed by atoms with Crippen molar-refractivity contribution in [1.82, 2.24) is 0 Å². The summed E-state index contributed by atoms with van der Waals surface area (Å²) in [6, 6.07) is 0. The standard InChI is InChI=1S/C18H34N2O13/c19-4-2-1-3-17(20,16(28)29)15(27)18(30)13(26)12(8(6-22)33-18)32-14-11(25)10(24)9(23)7(5-21)31-14/h7-15,21-27,30H,1-6,19-20H2,(H,28,29)/t7-,8-,9+,10+,11-,12-,13+,14?,15?,17?,18+/m1/s1. The van der Waals surface area contributed by atoms with E-state index in [0.717, 1.165) is 0 Å². The van der Waals surface area contributed by atoms with Gasteiger partial charge >= 0.3 is 5.97 Å². The first-order chi connectivity index (χ1) is 15.4. The van der Waals surface area contributed by atoms with Gasteiger partial charge in [-0.25, -0.2) is 0 Å². The minimum Gasteiger partial charge on any atom is -0.480 e. The number of nitrogens with two attached hydrogens (primary N) is 2. The number of carbonyl (C=O) groups is 1. The second kappa shape index (κ2) is 11.1. The van der Waals surface area contributed by atoms with Crippen LogP contribution in [-0.2, 0) is 19.0 Å². The number of aliphatic hydroxyl groups is 8. The van der Waals surface area contributed by atoms with E-state index in [1.54, 1.807) is 0 Å². The van der Waals surface area contributed by atoms with Crippen LogP contribution in [0.2, 0.25) is 0 Å². The highest BCUT2D eigenvalue weighted by atomic mass is 16.7. The van der Waals surface area contributed by atoms with Crippen LogP contribution < -0.4 is 11.5 Å². The molecule has 0 bridgehead atoms. The Bertz CT molecular complexity index is 657. The van der Waals surface area contributed by atoms with Gasteiger partial charge in [0, 0.05) is 0 Å². The molecule has 15 nitrogen and oxygen atoms in total. The zero-order chi connectivity index (χ0) is 25.1. The Balaban J connectivity index is 2.27. The molecule has 0 aromatic heterocycles. The lowest BCUT2D eigenvalue weighted by atomic mass is 9.81. The molecule has 3 unspecified atom stereocenters. The van der Waals surface area contributed by atoms with Crippen molar-refractivity contribution in [3.8, 4) is 0 Å².